The molecule has 3 amide bonds. The topological polar surface area (TPSA) is 147 Å². The first-order chi connectivity index (χ1) is 16.0. The fraction of sp³-hybridized carbons (Fsp3) is 0.200. The van der Waals surface area contributed by atoms with E-state index in [-0.39, 0.29) is 11.1 Å². The van der Waals surface area contributed by atoms with E-state index < -0.39 is 17.7 Å². The largest absolute Gasteiger partial charge is 0.365 e. The molecule has 0 bridgehead atoms. The van der Waals surface area contributed by atoms with Crippen molar-refractivity contribution in [2.75, 3.05) is 0 Å². The molecule has 9 heteroatoms. The van der Waals surface area contributed by atoms with Crippen LogP contribution in [0.3, 0.4) is 0 Å². The van der Waals surface area contributed by atoms with Crippen molar-refractivity contribution in [3.05, 3.63) is 73.8 Å². The van der Waals surface area contributed by atoms with E-state index in [4.69, 9.17) is 5.73 Å². The number of benzene rings is 1. The number of nitrogens with one attached hydrogen (secondary N) is 1. The number of imide groups is 1. The quantitative estimate of drug-likeness (QED) is 0.320. The molecular formula is C25H23N5O4. The number of primary amides is 1. The number of carbonyl (C=O) groups is 3. The summed E-state index contributed by atoms with van der Waals surface area (Å²) in [6, 6.07) is 9.62. The highest BCUT2D eigenvalue weighted by Crippen LogP contribution is 2.18. The van der Waals surface area contributed by atoms with Gasteiger partial charge in [-0.2, -0.15) is 5.26 Å². The van der Waals surface area contributed by atoms with Gasteiger partial charge in [-0.05, 0) is 58.4 Å². The molecule has 0 aliphatic carbocycles. The normalized spacial score (nSPS) is 13.1. The molecule has 0 radical (unpaired) electrons. The number of para-hydroxylation sites is 2. The number of pyridine rings is 1. The fourth-order valence-electron chi connectivity index (χ4n) is 3.75. The summed E-state index contributed by atoms with van der Waals surface area (Å²) in [6.07, 6.45) is 1.22. The van der Waals surface area contributed by atoms with Crippen molar-refractivity contribution in [3.63, 3.8) is 0 Å². The summed E-state index contributed by atoms with van der Waals surface area (Å²) in [4.78, 5) is 50.3. The minimum atomic E-state index is -0.839. The summed E-state index contributed by atoms with van der Waals surface area (Å²) in [6.45, 7) is 8.99. The summed E-state index contributed by atoms with van der Waals surface area (Å²) in [7, 11) is 0. The minimum absolute atomic E-state index is 0.106. The molecule has 1 aliphatic rings. The van der Waals surface area contributed by atoms with Crippen LogP contribution < -0.4 is 21.8 Å². The third-order valence-corrected chi connectivity index (χ3v) is 5.37. The molecular weight excluding hydrogens is 434 g/mol. The van der Waals surface area contributed by atoms with E-state index in [1.807, 2.05) is 50.4 Å². The van der Waals surface area contributed by atoms with Crippen molar-refractivity contribution >= 4 is 40.0 Å². The Hall–Kier alpha value is -4.58. The molecule has 0 fully saturated rings. The van der Waals surface area contributed by atoms with E-state index in [0.29, 0.717) is 33.1 Å². The van der Waals surface area contributed by atoms with Gasteiger partial charge >= 0.3 is 0 Å². The van der Waals surface area contributed by atoms with Crippen LogP contribution in [0.4, 0.5) is 0 Å². The Balaban J connectivity index is 0.000000204. The number of amides is 3. The van der Waals surface area contributed by atoms with E-state index in [1.54, 1.807) is 18.2 Å². The van der Waals surface area contributed by atoms with Crippen molar-refractivity contribution in [3.8, 4) is 6.07 Å². The zero-order valence-electron chi connectivity index (χ0n) is 19.4. The van der Waals surface area contributed by atoms with Gasteiger partial charge in [0.05, 0.1) is 16.6 Å². The van der Waals surface area contributed by atoms with E-state index in [1.165, 1.54) is 6.08 Å². The van der Waals surface area contributed by atoms with Gasteiger partial charge in [-0.1, -0.05) is 23.3 Å². The summed E-state index contributed by atoms with van der Waals surface area (Å²) < 4.78 is 1.54. The zero-order chi connectivity index (χ0) is 25.3. The molecule has 0 saturated heterocycles. The van der Waals surface area contributed by atoms with Gasteiger partial charge in [0.2, 0.25) is 0 Å². The van der Waals surface area contributed by atoms with Gasteiger partial charge < -0.3 is 5.73 Å². The number of nitrogens with two attached hydrogens (primary N) is 1. The Morgan fingerprint density at radius 3 is 2.26 bits per heavy atom. The molecule has 1 aromatic carbocycles. The molecule has 3 N–H and O–H groups in total. The fourth-order valence-corrected chi connectivity index (χ4v) is 3.75. The number of aromatic nitrogens is 2. The van der Waals surface area contributed by atoms with Crippen LogP contribution in [0.1, 0.15) is 38.8 Å². The molecule has 4 rings (SSSR count). The first-order valence-electron chi connectivity index (χ1n) is 10.4. The number of hydrogen-bond donors (Lipinski definition) is 2. The lowest BCUT2D eigenvalue weighted by Crippen LogP contribution is -2.40. The van der Waals surface area contributed by atoms with E-state index in [2.05, 4.69) is 11.1 Å². The number of nitrogens with zero attached hydrogens (tertiary/aromatic N) is 3. The molecule has 3 aromatic rings. The van der Waals surface area contributed by atoms with Gasteiger partial charge in [0.25, 0.3) is 23.3 Å². The number of carbonyl (C=O) groups excluding carboxylic acids is 3. The standard InChI is InChI=1S/C16H13N3O.C9H10N2O3/c1-9(2)14-10(3)11(8-17)15-18-12-6-4-5-7-13(12)19(15)16(14)20;1-4(2)5-3-6(7(10)12)9(14)11-8(5)13/h4-7H,1-3H3;3H,1-2H3,(H2,10,12)(H,11,13,14). The third kappa shape index (κ3) is 4.09. The molecule has 0 saturated carbocycles. The third-order valence-electron chi connectivity index (χ3n) is 5.37. The van der Waals surface area contributed by atoms with Crippen LogP contribution in [-0.2, 0) is 14.4 Å². The van der Waals surface area contributed by atoms with Gasteiger partial charge in [-0.15, -0.1) is 0 Å². The number of rotatable bonds is 1. The average Bonchev–Trinajstić information content (AvgIpc) is 3.13. The molecule has 34 heavy (non-hydrogen) atoms. The van der Waals surface area contributed by atoms with Crippen molar-refractivity contribution in [1.29, 1.82) is 5.26 Å². The highest BCUT2D eigenvalue weighted by atomic mass is 16.2. The number of hydrogen-bond acceptors (Lipinski definition) is 6. The molecule has 9 nitrogen and oxygen atoms in total. The highest BCUT2D eigenvalue weighted by molar-refractivity contribution is 6.26. The first kappa shape index (κ1) is 24.1. The lowest BCUT2D eigenvalue weighted by atomic mass is 10.0. The lowest BCUT2D eigenvalue weighted by Gasteiger charge is -2.13. The maximum Gasteiger partial charge on any atom is 0.264 e. The monoisotopic (exact) mass is 457 g/mol. The highest BCUT2D eigenvalue weighted by Gasteiger charge is 2.26. The smallest absolute Gasteiger partial charge is 0.264 e. The Labute approximate surface area is 194 Å². The Morgan fingerprint density at radius 1 is 1.06 bits per heavy atom. The van der Waals surface area contributed by atoms with Crippen LogP contribution in [0, 0.1) is 18.3 Å². The second-order valence-electron chi connectivity index (χ2n) is 8.17. The first-order valence-corrected chi connectivity index (χ1v) is 10.4. The van der Waals surface area contributed by atoms with Crippen LogP contribution >= 0.6 is 0 Å². The predicted octanol–water partition coefficient (Wildman–Crippen LogP) is 1.33. The molecule has 0 spiro atoms. The summed E-state index contributed by atoms with van der Waals surface area (Å²) >= 11 is 0. The molecule has 172 valence electrons. The summed E-state index contributed by atoms with van der Waals surface area (Å²) in [5.74, 6) is -2.08. The summed E-state index contributed by atoms with van der Waals surface area (Å²) in [5, 5.41) is 12.1. The van der Waals surface area contributed by atoms with Crippen LogP contribution in [0.25, 0.3) is 22.3 Å². The van der Waals surface area contributed by atoms with E-state index >= 15 is 0 Å². The number of imidazole rings is 1. The SMILES string of the molecule is CC(C)=C1C=C(C(N)=O)C(=O)NC1=O.CC(C)=c1c(C)c(C#N)c2nc3ccccc3n2c1=O. The van der Waals surface area contributed by atoms with Gasteiger partial charge in [0, 0.05) is 10.8 Å². The van der Waals surface area contributed by atoms with E-state index in [0.717, 1.165) is 16.6 Å². The second-order valence-corrected chi connectivity index (χ2v) is 8.17. The summed E-state index contributed by atoms with van der Waals surface area (Å²) in [5.41, 5.74) is 9.68. The number of nitriles is 1. The van der Waals surface area contributed by atoms with Crippen molar-refractivity contribution in [1.82, 2.24) is 14.7 Å². The van der Waals surface area contributed by atoms with Gasteiger partial charge in [0.1, 0.15) is 11.6 Å². The number of allylic oxidation sites excluding steroid dienone is 1. The van der Waals surface area contributed by atoms with E-state index in [9.17, 15) is 24.4 Å². The van der Waals surface area contributed by atoms with Gasteiger partial charge in [-0.25, -0.2) is 4.98 Å². The molecule has 0 unspecified atom stereocenters. The van der Waals surface area contributed by atoms with Crippen LogP contribution in [-0.4, -0.2) is 27.1 Å². The Kier molecular flexibility index (Phi) is 6.45. The van der Waals surface area contributed by atoms with Crippen LogP contribution in [0.15, 0.2) is 51.9 Å². The Bertz CT molecular complexity index is 1610. The van der Waals surface area contributed by atoms with Crippen molar-refractivity contribution < 1.29 is 14.4 Å². The maximum atomic E-state index is 12.7. The van der Waals surface area contributed by atoms with Crippen molar-refractivity contribution in [2.45, 2.75) is 34.6 Å². The minimum Gasteiger partial charge on any atom is -0.365 e. The van der Waals surface area contributed by atoms with Crippen LogP contribution in [0.2, 0.25) is 0 Å². The zero-order valence-corrected chi connectivity index (χ0v) is 19.4. The van der Waals surface area contributed by atoms with Crippen molar-refractivity contribution in [2.24, 2.45) is 5.73 Å². The predicted molar refractivity (Wildman–Crippen MR) is 127 cm³/mol. The second kappa shape index (κ2) is 9.11. The van der Waals surface area contributed by atoms with Crippen LogP contribution in [0.5, 0.6) is 0 Å². The lowest BCUT2D eigenvalue weighted by molar-refractivity contribution is -0.128. The molecule has 1 aliphatic heterocycles. The van der Waals surface area contributed by atoms with Gasteiger partial charge in [-0.3, -0.25) is 28.9 Å². The molecule has 2 aromatic heterocycles. The number of fused-ring (bicyclic) bond motifs is 3. The average molecular weight is 457 g/mol. The molecule has 0 atom stereocenters. The Morgan fingerprint density at radius 2 is 1.71 bits per heavy atom. The maximum absolute atomic E-state index is 12.7. The molecule has 3 heterocycles. The van der Waals surface area contributed by atoms with Gasteiger partial charge in [0.15, 0.2) is 5.65 Å².